The van der Waals surface area contributed by atoms with Crippen molar-refractivity contribution in [1.82, 2.24) is 9.47 Å². The zero-order valence-corrected chi connectivity index (χ0v) is 15.4. The van der Waals surface area contributed by atoms with E-state index in [4.69, 9.17) is 0 Å². The number of aryl methyl sites for hydroxylation is 1. The Hall–Kier alpha value is -2.28. The van der Waals surface area contributed by atoms with Gasteiger partial charge in [0.05, 0.1) is 5.56 Å². The van der Waals surface area contributed by atoms with Crippen LogP contribution in [0.4, 0.5) is 18.9 Å². The molecule has 0 saturated carbocycles. The molecule has 1 aliphatic heterocycles. The first-order chi connectivity index (χ1) is 12.9. The van der Waals surface area contributed by atoms with Crippen molar-refractivity contribution < 1.29 is 18.0 Å². The van der Waals surface area contributed by atoms with Gasteiger partial charge in [0.2, 0.25) is 0 Å². The number of carbonyl (C=O) groups is 1. The molecule has 1 saturated heterocycles. The first-order valence-electron chi connectivity index (χ1n) is 9.14. The molecular weight excluding hydrogens is 355 g/mol. The minimum atomic E-state index is -4.31. The largest absolute Gasteiger partial charge is 0.416 e. The SMILES string of the molecule is Cc1c(C=O)ccn1CCCN1CCN(c2cccc(C(F)(F)F)c2)CC1. The van der Waals surface area contributed by atoms with Crippen LogP contribution in [0.25, 0.3) is 0 Å². The molecule has 0 bridgehead atoms. The number of carbonyl (C=O) groups excluding carboxylic acids is 1. The fourth-order valence-corrected chi connectivity index (χ4v) is 3.51. The summed E-state index contributed by atoms with van der Waals surface area (Å²) < 4.78 is 40.7. The number of anilines is 1. The molecule has 3 rings (SSSR count). The molecule has 1 fully saturated rings. The van der Waals surface area contributed by atoms with Gasteiger partial charge in [-0.1, -0.05) is 6.07 Å². The van der Waals surface area contributed by atoms with E-state index in [0.29, 0.717) is 5.69 Å². The molecule has 0 unspecified atom stereocenters. The van der Waals surface area contributed by atoms with Crippen LogP contribution in [-0.2, 0) is 12.7 Å². The molecule has 0 amide bonds. The molecule has 146 valence electrons. The van der Waals surface area contributed by atoms with E-state index in [9.17, 15) is 18.0 Å². The standard InChI is InChI=1S/C20H24F3N3O/c1-16-17(15-27)6-9-25(16)8-3-7-24-10-12-26(13-11-24)19-5-2-4-18(14-19)20(21,22)23/h2,4-6,9,14-15H,3,7-8,10-13H2,1H3. The van der Waals surface area contributed by atoms with E-state index in [2.05, 4.69) is 9.47 Å². The van der Waals surface area contributed by atoms with Crippen molar-refractivity contribution in [2.75, 3.05) is 37.6 Å². The van der Waals surface area contributed by atoms with Crippen LogP contribution < -0.4 is 4.90 Å². The summed E-state index contributed by atoms with van der Waals surface area (Å²) >= 11 is 0. The Labute approximate surface area is 157 Å². The highest BCUT2D eigenvalue weighted by atomic mass is 19.4. The molecule has 2 heterocycles. The number of halogens is 3. The average Bonchev–Trinajstić information content (AvgIpc) is 3.01. The summed E-state index contributed by atoms with van der Waals surface area (Å²) in [5.41, 5.74) is 1.75. The molecule has 1 aliphatic rings. The van der Waals surface area contributed by atoms with Crippen molar-refractivity contribution in [3.8, 4) is 0 Å². The van der Waals surface area contributed by atoms with Crippen molar-refractivity contribution in [2.45, 2.75) is 26.1 Å². The summed E-state index contributed by atoms with van der Waals surface area (Å²) in [4.78, 5) is 15.2. The zero-order valence-electron chi connectivity index (χ0n) is 15.4. The number of hydrogen-bond donors (Lipinski definition) is 0. The summed E-state index contributed by atoms with van der Waals surface area (Å²) in [5.74, 6) is 0. The summed E-state index contributed by atoms with van der Waals surface area (Å²) in [5, 5.41) is 0. The Kier molecular flexibility index (Phi) is 5.89. The third-order valence-electron chi connectivity index (χ3n) is 5.19. The number of nitrogens with zero attached hydrogens (tertiary/aromatic N) is 3. The van der Waals surface area contributed by atoms with E-state index in [1.165, 1.54) is 12.1 Å². The van der Waals surface area contributed by atoms with Gasteiger partial charge in [0.25, 0.3) is 0 Å². The monoisotopic (exact) mass is 379 g/mol. The first kappa shape index (κ1) is 19.5. The summed E-state index contributed by atoms with van der Waals surface area (Å²) in [7, 11) is 0. The predicted octanol–water partition coefficient (Wildman–Crippen LogP) is 3.84. The molecular formula is C20H24F3N3O. The highest BCUT2D eigenvalue weighted by Gasteiger charge is 2.31. The summed E-state index contributed by atoms with van der Waals surface area (Å²) in [6.45, 7) is 6.84. The van der Waals surface area contributed by atoms with Crippen molar-refractivity contribution >= 4 is 12.0 Å². The van der Waals surface area contributed by atoms with Gasteiger partial charge in [0.1, 0.15) is 0 Å². The molecule has 4 nitrogen and oxygen atoms in total. The van der Waals surface area contributed by atoms with Gasteiger partial charge in [-0.25, -0.2) is 0 Å². The number of benzene rings is 1. The van der Waals surface area contributed by atoms with Crippen molar-refractivity contribution in [1.29, 1.82) is 0 Å². The van der Waals surface area contributed by atoms with Crippen LogP contribution in [-0.4, -0.2) is 48.5 Å². The topological polar surface area (TPSA) is 28.5 Å². The normalized spacial score (nSPS) is 15.9. The van der Waals surface area contributed by atoms with E-state index in [-0.39, 0.29) is 0 Å². The Bertz CT molecular complexity index is 777. The molecule has 7 heteroatoms. The van der Waals surface area contributed by atoms with Crippen LogP contribution in [0.1, 0.15) is 28.0 Å². The molecule has 1 aromatic carbocycles. The lowest BCUT2D eigenvalue weighted by molar-refractivity contribution is -0.137. The van der Waals surface area contributed by atoms with Crippen LogP contribution in [0.3, 0.4) is 0 Å². The molecule has 2 aromatic rings. The van der Waals surface area contributed by atoms with Crippen molar-refractivity contribution in [3.63, 3.8) is 0 Å². The second-order valence-electron chi connectivity index (χ2n) is 6.90. The van der Waals surface area contributed by atoms with E-state index < -0.39 is 11.7 Å². The van der Waals surface area contributed by atoms with Gasteiger partial charge in [-0.3, -0.25) is 9.69 Å². The van der Waals surface area contributed by atoms with Crippen LogP contribution in [0.2, 0.25) is 0 Å². The molecule has 0 N–H and O–H groups in total. The molecule has 0 aliphatic carbocycles. The number of piperazine rings is 1. The highest BCUT2D eigenvalue weighted by Crippen LogP contribution is 2.31. The van der Waals surface area contributed by atoms with Gasteiger partial charge >= 0.3 is 6.18 Å². The molecule has 27 heavy (non-hydrogen) atoms. The van der Waals surface area contributed by atoms with Crippen molar-refractivity contribution in [3.05, 3.63) is 53.3 Å². The minimum Gasteiger partial charge on any atom is -0.369 e. The average molecular weight is 379 g/mol. The number of rotatable bonds is 6. The third kappa shape index (κ3) is 4.71. The lowest BCUT2D eigenvalue weighted by Gasteiger charge is -2.36. The lowest BCUT2D eigenvalue weighted by Crippen LogP contribution is -2.46. The fourth-order valence-electron chi connectivity index (χ4n) is 3.51. The maximum absolute atomic E-state index is 12.9. The van der Waals surface area contributed by atoms with Gasteiger partial charge in [0.15, 0.2) is 6.29 Å². The van der Waals surface area contributed by atoms with E-state index >= 15 is 0 Å². The number of alkyl halides is 3. The zero-order chi connectivity index (χ0) is 19.4. The quantitative estimate of drug-likeness (QED) is 0.714. The van der Waals surface area contributed by atoms with E-state index in [1.807, 2.05) is 24.1 Å². The Morgan fingerprint density at radius 1 is 1.07 bits per heavy atom. The van der Waals surface area contributed by atoms with Crippen LogP contribution in [0.15, 0.2) is 36.5 Å². The second kappa shape index (κ2) is 8.17. The molecule has 0 atom stereocenters. The first-order valence-corrected chi connectivity index (χ1v) is 9.14. The van der Waals surface area contributed by atoms with Crippen LogP contribution >= 0.6 is 0 Å². The van der Waals surface area contributed by atoms with Gasteiger partial charge in [-0.05, 0) is 44.2 Å². The third-order valence-corrected chi connectivity index (χ3v) is 5.19. The summed E-state index contributed by atoms with van der Waals surface area (Å²) in [6, 6.07) is 7.38. The number of hydrogen-bond acceptors (Lipinski definition) is 3. The van der Waals surface area contributed by atoms with Crippen molar-refractivity contribution in [2.24, 2.45) is 0 Å². The Balaban J connectivity index is 1.48. The number of aromatic nitrogens is 1. The molecule has 0 spiro atoms. The van der Waals surface area contributed by atoms with Crippen LogP contribution in [0.5, 0.6) is 0 Å². The van der Waals surface area contributed by atoms with E-state index in [1.54, 1.807) is 6.07 Å². The van der Waals surface area contributed by atoms with E-state index in [0.717, 1.165) is 69.3 Å². The Morgan fingerprint density at radius 2 is 1.81 bits per heavy atom. The smallest absolute Gasteiger partial charge is 0.369 e. The molecule has 1 aromatic heterocycles. The van der Waals surface area contributed by atoms with Gasteiger partial charge in [0, 0.05) is 55.9 Å². The lowest BCUT2D eigenvalue weighted by atomic mass is 10.1. The predicted molar refractivity (Wildman–Crippen MR) is 99.3 cm³/mol. The Morgan fingerprint density at radius 3 is 2.44 bits per heavy atom. The number of aldehydes is 1. The molecule has 0 radical (unpaired) electrons. The van der Waals surface area contributed by atoms with Gasteiger partial charge < -0.3 is 9.47 Å². The minimum absolute atomic E-state index is 0.598. The fraction of sp³-hybridized carbons (Fsp3) is 0.450. The van der Waals surface area contributed by atoms with Gasteiger partial charge in [-0.15, -0.1) is 0 Å². The maximum atomic E-state index is 12.9. The van der Waals surface area contributed by atoms with Crippen LogP contribution in [0, 0.1) is 6.92 Å². The van der Waals surface area contributed by atoms with Gasteiger partial charge in [-0.2, -0.15) is 13.2 Å². The highest BCUT2D eigenvalue weighted by molar-refractivity contribution is 5.76. The maximum Gasteiger partial charge on any atom is 0.416 e. The second-order valence-corrected chi connectivity index (χ2v) is 6.90. The summed E-state index contributed by atoms with van der Waals surface area (Å²) in [6.07, 6.45) is -0.529.